The van der Waals surface area contributed by atoms with E-state index in [0.29, 0.717) is 0 Å². The van der Waals surface area contributed by atoms with Crippen molar-refractivity contribution in [2.45, 2.75) is 0 Å². The molecule has 0 atom stereocenters. The molecule has 0 rings (SSSR count). The third-order valence-corrected chi connectivity index (χ3v) is 0. The molecule has 0 saturated heterocycles. The molecule has 0 aliphatic rings. The van der Waals surface area contributed by atoms with Crippen molar-refractivity contribution in [2.75, 3.05) is 0 Å². The van der Waals surface area contributed by atoms with Gasteiger partial charge in [0.1, 0.15) is 0 Å². The fourth-order valence-corrected chi connectivity index (χ4v) is 0. The summed E-state index contributed by atoms with van der Waals surface area (Å²) in [5.74, 6) is 0. The minimum absolute atomic E-state index is 0. The molecule has 0 amide bonds. The summed E-state index contributed by atoms with van der Waals surface area (Å²) in [5, 5.41) is 0. The average molecular weight is 151 g/mol. The average Bonchev–Trinajstić information content (AvgIpc) is 0. The maximum atomic E-state index is 0. The van der Waals surface area contributed by atoms with E-state index in [2.05, 4.69) is 0 Å². The van der Waals surface area contributed by atoms with Crippen LogP contribution in [0, 0.1) is 0 Å². The van der Waals surface area contributed by atoms with Gasteiger partial charge in [0.15, 0.2) is 0 Å². The first kappa shape index (κ1) is 78.0. The maximum absolute atomic E-state index is 0. The number of hydrogen-bond donors (Lipinski definition) is 0. The third-order valence-electron chi connectivity index (χ3n) is 0. The summed E-state index contributed by atoms with van der Waals surface area (Å²) in [7, 11) is 0. The zero-order valence-corrected chi connectivity index (χ0v) is 5.27. The third kappa shape index (κ3) is 11.8. The number of hydrogen-bond acceptors (Lipinski definition) is 0. The van der Waals surface area contributed by atoms with Gasteiger partial charge in [0.05, 0.1) is 0 Å². The van der Waals surface area contributed by atoms with E-state index in [1.54, 1.807) is 0 Å². The fraction of sp³-hybridized carbons (Fsp3) is 0. The molecule has 0 aliphatic heterocycles. The minimum atomic E-state index is 0. The quantitative estimate of drug-likeness (QED) is 0.414. The van der Waals surface area contributed by atoms with Crippen LogP contribution in [-0.4, -0.2) is 11.0 Å². The van der Waals surface area contributed by atoms with Gasteiger partial charge in [-0.25, -0.2) is 0 Å². The van der Waals surface area contributed by atoms with Crippen LogP contribution < -0.4 is 0 Å². The van der Waals surface area contributed by atoms with Crippen molar-refractivity contribution in [2.24, 2.45) is 0 Å². The number of rotatable bonds is 0. The summed E-state index contributed by atoms with van der Waals surface area (Å²) < 4.78 is 0. The van der Waals surface area contributed by atoms with E-state index in [9.17, 15) is 0 Å². The van der Waals surface area contributed by atoms with Gasteiger partial charge in [-0.15, -0.1) is 0 Å². The Balaban J connectivity index is 0. The van der Waals surface area contributed by atoms with Gasteiger partial charge >= 0.3 is 37.2 Å². The zero-order valence-electron chi connectivity index (χ0n) is 1.82. The van der Waals surface area contributed by atoms with Crippen LogP contribution in [0.4, 0.5) is 0 Å². The Morgan fingerprint density at radius 1 is 0.750 bits per heavy atom. The van der Waals surface area contributed by atoms with E-state index < -0.39 is 0 Å². The van der Waals surface area contributed by atoms with Crippen molar-refractivity contribution >= 4 is 11.0 Å². The van der Waals surface area contributed by atoms with Gasteiger partial charge in [-0.2, -0.15) is 0 Å². The molecule has 0 heterocycles. The van der Waals surface area contributed by atoms with Gasteiger partial charge in [0.25, 0.3) is 0 Å². The van der Waals surface area contributed by atoms with Gasteiger partial charge in [0.2, 0.25) is 0 Å². The SMILES string of the molecule is [O-2].[O-2].[Si+4].[Zr+4]. The Morgan fingerprint density at radius 3 is 0.750 bits per heavy atom. The smallest absolute Gasteiger partial charge is 2.00 e. The van der Waals surface area contributed by atoms with Crippen LogP contribution in [-0.2, 0) is 37.2 Å². The van der Waals surface area contributed by atoms with Crippen molar-refractivity contribution < 1.29 is 37.2 Å². The van der Waals surface area contributed by atoms with E-state index >= 15 is 0 Å². The summed E-state index contributed by atoms with van der Waals surface area (Å²) in [5.41, 5.74) is 0. The van der Waals surface area contributed by atoms with Crippen molar-refractivity contribution in [3.05, 3.63) is 0 Å². The minimum Gasteiger partial charge on any atom is -2.00 e. The van der Waals surface area contributed by atoms with E-state index in [4.69, 9.17) is 0 Å². The molecule has 0 aromatic rings. The summed E-state index contributed by atoms with van der Waals surface area (Å²) in [6, 6.07) is 0. The van der Waals surface area contributed by atoms with Gasteiger partial charge < -0.3 is 11.0 Å². The zero-order chi connectivity index (χ0) is 0. The van der Waals surface area contributed by atoms with Crippen molar-refractivity contribution in [1.29, 1.82) is 0 Å². The topological polar surface area (TPSA) is 57.0 Å². The summed E-state index contributed by atoms with van der Waals surface area (Å²) >= 11 is 0. The first-order valence-electron chi connectivity index (χ1n) is 0. The molecule has 0 aromatic heterocycles. The van der Waals surface area contributed by atoms with Crippen LogP contribution >= 0.6 is 0 Å². The molecule has 16 valence electrons. The van der Waals surface area contributed by atoms with Crippen LogP contribution in [0.2, 0.25) is 0 Å². The molecule has 0 aliphatic carbocycles. The predicted octanol–water partition coefficient (Wildman–Crippen LogP) is -0.621. The Bertz CT molecular complexity index is 6.00. The molecule has 2 nitrogen and oxygen atoms in total. The molecule has 0 radical (unpaired) electrons. The van der Waals surface area contributed by atoms with Crippen molar-refractivity contribution in [3.63, 3.8) is 0 Å². The second-order valence-electron chi connectivity index (χ2n) is 0. The normalized spacial score (nSPS) is 0. The van der Waals surface area contributed by atoms with Crippen LogP contribution in [0.5, 0.6) is 0 Å². The Hall–Kier alpha value is 1.02. The molecule has 0 aromatic carbocycles. The Kier molecular flexibility index (Phi) is 687. The molecule has 4 heavy (non-hydrogen) atoms. The fourth-order valence-electron chi connectivity index (χ4n) is 0. The van der Waals surface area contributed by atoms with Crippen molar-refractivity contribution in [1.82, 2.24) is 0 Å². The van der Waals surface area contributed by atoms with Gasteiger partial charge in [-0.05, 0) is 0 Å². The first-order valence-corrected chi connectivity index (χ1v) is 0. The molecule has 4 heteroatoms. The van der Waals surface area contributed by atoms with Gasteiger partial charge in [-0.3, -0.25) is 0 Å². The second-order valence-corrected chi connectivity index (χ2v) is 0. The molecule has 0 bridgehead atoms. The predicted molar refractivity (Wildman–Crippen MR) is 7.13 cm³/mol. The molecular weight excluding hydrogens is 151 g/mol. The van der Waals surface area contributed by atoms with Crippen molar-refractivity contribution in [3.8, 4) is 0 Å². The van der Waals surface area contributed by atoms with E-state index in [-0.39, 0.29) is 48.1 Å². The van der Waals surface area contributed by atoms with E-state index in [1.165, 1.54) is 0 Å². The Labute approximate surface area is 48.4 Å². The van der Waals surface area contributed by atoms with E-state index in [0.717, 1.165) is 0 Å². The molecule has 0 unspecified atom stereocenters. The molecule has 0 spiro atoms. The van der Waals surface area contributed by atoms with Crippen LogP contribution in [0.1, 0.15) is 0 Å². The molecular formula is O2SiZr+4. The first-order chi connectivity index (χ1) is 0. The van der Waals surface area contributed by atoms with Gasteiger partial charge in [0, 0.05) is 0 Å². The Morgan fingerprint density at radius 2 is 0.750 bits per heavy atom. The largest absolute Gasteiger partial charge is 4.00 e. The van der Waals surface area contributed by atoms with Crippen LogP contribution in [0.25, 0.3) is 0 Å². The monoisotopic (exact) mass is 150 g/mol. The standard InChI is InChI=1S/2O.Si.Zr/q2*-2;2*+4. The van der Waals surface area contributed by atoms with Crippen LogP contribution in [0.3, 0.4) is 0 Å². The summed E-state index contributed by atoms with van der Waals surface area (Å²) in [4.78, 5) is 0. The van der Waals surface area contributed by atoms with Crippen LogP contribution in [0.15, 0.2) is 0 Å². The molecule has 0 saturated carbocycles. The van der Waals surface area contributed by atoms with Gasteiger partial charge in [-0.1, -0.05) is 0 Å². The molecule has 0 N–H and O–H groups in total. The maximum Gasteiger partial charge on any atom is 4.00 e. The summed E-state index contributed by atoms with van der Waals surface area (Å²) in [6.07, 6.45) is 0. The molecule has 0 fully saturated rings. The second kappa shape index (κ2) is 35.2. The van der Waals surface area contributed by atoms with E-state index in [1.807, 2.05) is 0 Å². The summed E-state index contributed by atoms with van der Waals surface area (Å²) in [6.45, 7) is 0.